The first kappa shape index (κ1) is 15.3. The van der Waals surface area contributed by atoms with Gasteiger partial charge in [0.2, 0.25) is 0 Å². The highest BCUT2D eigenvalue weighted by Crippen LogP contribution is 2.36. The van der Waals surface area contributed by atoms with Crippen molar-refractivity contribution < 1.29 is 8.42 Å². The van der Waals surface area contributed by atoms with Crippen molar-refractivity contribution in [2.75, 3.05) is 19.3 Å². The van der Waals surface area contributed by atoms with Crippen molar-refractivity contribution in [3.05, 3.63) is 17.0 Å². The summed E-state index contributed by atoms with van der Waals surface area (Å²) in [6.45, 7) is 0.688. The standard InChI is InChI=1S/C12H13N3O2S3/c1-18-12(9-14)4-6-15(7-5-12)20(16,17)11-3-2-10(8-13)19-11/h2-3H,4-7H2,1H3. The lowest BCUT2D eigenvalue weighted by Gasteiger charge is -2.35. The fourth-order valence-corrected chi connectivity index (χ4v) is 5.48. The molecule has 0 saturated carbocycles. The maximum Gasteiger partial charge on any atom is 0.252 e. The third-order valence-corrected chi connectivity index (χ3v) is 8.05. The molecule has 0 atom stereocenters. The zero-order chi connectivity index (χ0) is 14.8. The number of thioether (sulfide) groups is 1. The first-order chi connectivity index (χ1) is 9.47. The maximum atomic E-state index is 12.4. The summed E-state index contributed by atoms with van der Waals surface area (Å²) in [7, 11) is -3.54. The molecule has 2 heterocycles. The van der Waals surface area contributed by atoms with Crippen molar-refractivity contribution in [3.63, 3.8) is 0 Å². The molecule has 1 aromatic heterocycles. The SMILES string of the molecule is CSC1(C#N)CCN(S(=O)(=O)c2ccc(C#N)s2)CC1. The van der Waals surface area contributed by atoms with Crippen LogP contribution in [0.5, 0.6) is 0 Å². The molecule has 1 aromatic rings. The van der Waals surface area contributed by atoms with E-state index in [1.807, 2.05) is 12.3 Å². The lowest BCUT2D eigenvalue weighted by molar-refractivity contribution is 0.328. The summed E-state index contributed by atoms with van der Waals surface area (Å²) in [6.07, 6.45) is 2.94. The Hall–Kier alpha value is -1.06. The fraction of sp³-hybridized carbons (Fsp3) is 0.500. The van der Waals surface area contributed by atoms with Crippen molar-refractivity contribution >= 4 is 33.1 Å². The van der Waals surface area contributed by atoms with Crippen LogP contribution in [0.15, 0.2) is 16.3 Å². The third-order valence-electron chi connectivity index (χ3n) is 3.41. The first-order valence-electron chi connectivity index (χ1n) is 5.94. The number of piperidine rings is 1. The summed E-state index contributed by atoms with van der Waals surface area (Å²) in [5.74, 6) is 0. The molecular formula is C12H13N3O2S3. The number of thiophene rings is 1. The molecule has 1 fully saturated rings. The number of rotatable bonds is 3. The van der Waals surface area contributed by atoms with Crippen LogP contribution in [0.3, 0.4) is 0 Å². The van der Waals surface area contributed by atoms with Gasteiger partial charge in [-0.25, -0.2) is 8.42 Å². The summed E-state index contributed by atoms with van der Waals surface area (Å²) in [5, 5.41) is 18.0. The Labute approximate surface area is 126 Å². The lowest BCUT2D eigenvalue weighted by Crippen LogP contribution is -2.44. The van der Waals surface area contributed by atoms with E-state index in [1.165, 1.54) is 28.2 Å². The second-order valence-corrected chi connectivity index (χ2v) is 8.88. The molecule has 0 bridgehead atoms. The largest absolute Gasteiger partial charge is 0.252 e. The van der Waals surface area contributed by atoms with Gasteiger partial charge in [-0.05, 0) is 31.2 Å². The van der Waals surface area contributed by atoms with Gasteiger partial charge in [-0.2, -0.15) is 14.8 Å². The Morgan fingerprint density at radius 2 is 2.00 bits per heavy atom. The number of nitriles is 2. The highest BCUT2D eigenvalue weighted by Gasteiger charge is 2.38. The van der Waals surface area contributed by atoms with Gasteiger partial charge in [0.1, 0.15) is 19.9 Å². The minimum absolute atomic E-state index is 0.197. The highest BCUT2D eigenvalue weighted by molar-refractivity contribution is 8.00. The summed E-state index contributed by atoms with van der Waals surface area (Å²) in [5.41, 5.74) is 0. The van der Waals surface area contributed by atoms with Crippen LogP contribution in [0.25, 0.3) is 0 Å². The van der Waals surface area contributed by atoms with E-state index >= 15 is 0 Å². The van der Waals surface area contributed by atoms with Gasteiger partial charge in [-0.3, -0.25) is 0 Å². The van der Waals surface area contributed by atoms with Gasteiger partial charge >= 0.3 is 0 Å². The van der Waals surface area contributed by atoms with E-state index in [9.17, 15) is 13.7 Å². The van der Waals surface area contributed by atoms with Crippen molar-refractivity contribution in [1.29, 1.82) is 10.5 Å². The number of hydrogen-bond donors (Lipinski definition) is 0. The molecule has 20 heavy (non-hydrogen) atoms. The molecule has 0 N–H and O–H groups in total. The molecule has 106 valence electrons. The van der Waals surface area contributed by atoms with Crippen LogP contribution in [0.2, 0.25) is 0 Å². The Balaban J connectivity index is 2.18. The Morgan fingerprint density at radius 1 is 1.35 bits per heavy atom. The molecular weight excluding hydrogens is 314 g/mol. The zero-order valence-electron chi connectivity index (χ0n) is 10.9. The molecule has 5 nitrogen and oxygen atoms in total. The molecule has 0 spiro atoms. The van der Waals surface area contributed by atoms with Crippen molar-refractivity contribution in [2.45, 2.75) is 21.8 Å². The molecule has 0 amide bonds. The van der Waals surface area contributed by atoms with Crippen LogP contribution in [0, 0.1) is 22.7 Å². The molecule has 0 aliphatic carbocycles. The summed E-state index contributed by atoms with van der Waals surface area (Å²) in [6, 6.07) is 7.22. The van der Waals surface area contributed by atoms with Crippen LogP contribution in [0.4, 0.5) is 0 Å². The fourth-order valence-electron chi connectivity index (χ4n) is 2.10. The average molecular weight is 327 g/mol. The monoisotopic (exact) mass is 327 g/mol. The lowest BCUT2D eigenvalue weighted by atomic mass is 9.99. The van der Waals surface area contributed by atoms with Crippen molar-refractivity contribution in [2.24, 2.45) is 0 Å². The van der Waals surface area contributed by atoms with Crippen molar-refractivity contribution in [1.82, 2.24) is 4.31 Å². The Bertz CT molecular complexity index is 674. The zero-order valence-corrected chi connectivity index (χ0v) is 13.3. The van der Waals surface area contributed by atoms with Gasteiger partial charge in [0, 0.05) is 13.1 Å². The van der Waals surface area contributed by atoms with Crippen LogP contribution < -0.4 is 0 Å². The van der Waals surface area contributed by atoms with Gasteiger partial charge in [-0.1, -0.05) is 0 Å². The Morgan fingerprint density at radius 3 is 2.45 bits per heavy atom. The second kappa shape index (κ2) is 5.74. The molecule has 0 radical (unpaired) electrons. The Kier molecular flexibility index (Phi) is 4.40. The predicted molar refractivity (Wildman–Crippen MR) is 78.9 cm³/mol. The molecule has 0 aromatic carbocycles. The van der Waals surface area contributed by atoms with E-state index in [2.05, 4.69) is 6.07 Å². The molecule has 1 aliphatic rings. The predicted octanol–water partition coefficient (Wildman–Crippen LogP) is 2.03. The van der Waals surface area contributed by atoms with Crippen LogP contribution >= 0.6 is 23.1 Å². The molecule has 1 aliphatic heterocycles. The number of hydrogen-bond acceptors (Lipinski definition) is 6. The minimum Gasteiger partial charge on any atom is -0.206 e. The summed E-state index contributed by atoms with van der Waals surface area (Å²) >= 11 is 2.47. The van der Waals surface area contributed by atoms with Crippen LogP contribution in [0.1, 0.15) is 17.7 Å². The summed E-state index contributed by atoms with van der Waals surface area (Å²) < 4.78 is 26.0. The maximum absolute atomic E-state index is 12.4. The van der Waals surface area contributed by atoms with Crippen molar-refractivity contribution in [3.8, 4) is 12.1 Å². The number of nitrogens with zero attached hydrogens (tertiary/aromatic N) is 3. The van der Waals surface area contributed by atoms with E-state index in [0.29, 0.717) is 30.8 Å². The van der Waals surface area contributed by atoms with Gasteiger partial charge in [0.15, 0.2) is 0 Å². The second-order valence-electron chi connectivity index (χ2n) is 4.44. The molecule has 0 unspecified atom stereocenters. The van der Waals surface area contributed by atoms with Gasteiger partial charge in [0.25, 0.3) is 10.0 Å². The first-order valence-corrected chi connectivity index (χ1v) is 9.42. The molecule has 2 rings (SSSR count). The minimum atomic E-state index is -3.54. The van der Waals surface area contributed by atoms with Gasteiger partial charge in [0.05, 0.1) is 6.07 Å². The normalized spacial score (nSPS) is 19.1. The quantitative estimate of drug-likeness (QED) is 0.848. The van der Waals surface area contributed by atoms with E-state index in [1.54, 1.807) is 0 Å². The van der Waals surface area contributed by atoms with E-state index < -0.39 is 14.8 Å². The highest BCUT2D eigenvalue weighted by atomic mass is 32.2. The molecule has 1 saturated heterocycles. The summed E-state index contributed by atoms with van der Waals surface area (Å²) in [4.78, 5) is 0.385. The molecule has 8 heteroatoms. The van der Waals surface area contributed by atoms with E-state index in [-0.39, 0.29) is 4.21 Å². The van der Waals surface area contributed by atoms with E-state index in [4.69, 9.17) is 5.26 Å². The number of sulfonamides is 1. The van der Waals surface area contributed by atoms with Gasteiger partial charge < -0.3 is 0 Å². The van der Waals surface area contributed by atoms with Crippen LogP contribution in [-0.4, -0.2) is 36.8 Å². The van der Waals surface area contributed by atoms with E-state index in [0.717, 1.165) is 11.3 Å². The third kappa shape index (κ3) is 2.70. The average Bonchev–Trinajstić information content (AvgIpc) is 2.97. The smallest absolute Gasteiger partial charge is 0.206 e. The topological polar surface area (TPSA) is 85.0 Å². The van der Waals surface area contributed by atoms with Crippen LogP contribution in [-0.2, 0) is 10.0 Å². The van der Waals surface area contributed by atoms with Gasteiger partial charge in [-0.15, -0.1) is 23.1 Å².